The molecule has 0 bridgehead atoms. The molecule has 3 aliphatic heterocycles. The number of anilines is 1. The average Bonchev–Trinajstić information content (AvgIpc) is 3.23. The van der Waals surface area contributed by atoms with Crippen LogP contribution >= 0.6 is 23.1 Å². The fraction of sp³-hybridized carbons (Fsp3) is 0.579. The van der Waals surface area contributed by atoms with Crippen LogP contribution in [-0.2, 0) is 19.1 Å². The lowest BCUT2D eigenvalue weighted by Crippen LogP contribution is -2.70. The summed E-state index contributed by atoms with van der Waals surface area (Å²) < 4.78 is 4.75. The molecule has 0 aromatic carbocycles. The third-order valence-corrected chi connectivity index (χ3v) is 7.92. The summed E-state index contributed by atoms with van der Waals surface area (Å²) >= 11 is 2.64. The fourth-order valence-electron chi connectivity index (χ4n) is 4.17. The summed E-state index contributed by atoms with van der Waals surface area (Å²) in [5.74, 6) is -1.64. The standard InChI is InChI=1S/C19H24N4O5S2/c1-19(2)13(17(26)27)23-15(25)12(16(23)30-19)22-14(24)10(11-8-29-18(20)21-11)7-9-3-5-28-6-4-9/h7-9,12-13,16H,3-6H2,1-2H3,(H2,20,21)(H,22,24)(H,26,27)/b10-7-/t12-,13+,16-/m1/s1. The third kappa shape index (κ3) is 3.69. The number of fused-ring (bicyclic) bond motifs is 1. The van der Waals surface area contributed by atoms with E-state index in [9.17, 15) is 19.5 Å². The van der Waals surface area contributed by atoms with Crippen molar-refractivity contribution in [2.75, 3.05) is 18.9 Å². The summed E-state index contributed by atoms with van der Waals surface area (Å²) in [6.45, 7) is 4.87. The molecular formula is C19H24N4O5S2. The number of thioether (sulfide) groups is 1. The number of thiazole rings is 1. The molecular weight excluding hydrogens is 428 g/mol. The first kappa shape index (κ1) is 21.1. The number of hydrogen-bond donors (Lipinski definition) is 3. The number of β-lactam (4-membered cyclic amide) rings is 1. The highest BCUT2D eigenvalue weighted by Gasteiger charge is 2.64. The number of carbonyl (C=O) groups is 3. The fourth-order valence-corrected chi connectivity index (χ4v) is 6.36. The van der Waals surface area contributed by atoms with E-state index in [1.807, 2.05) is 6.08 Å². The smallest absolute Gasteiger partial charge is 0.327 e. The molecule has 162 valence electrons. The van der Waals surface area contributed by atoms with Gasteiger partial charge in [-0.3, -0.25) is 9.59 Å². The van der Waals surface area contributed by atoms with E-state index in [4.69, 9.17) is 10.5 Å². The number of nitrogen functional groups attached to an aromatic ring is 1. The van der Waals surface area contributed by atoms with Gasteiger partial charge in [-0.1, -0.05) is 6.08 Å². The van der Waals surface area contributed by atoms with E-state index in [0.717, 1.165) is 12.8 Å². The molecule has 4 rings (SSSR count). The molecule has 2 amide bonds. The number of amides is 2. The second kappa shape index (κ2) is 7.86. The molecule has 9 nitrogen and oxygen atoms in total. The molecule has 30 heavy (non-hydrogen) atoms. The van der Waals surface area contributed by atoms with Gasteiger partial charge in [0.1, 0.15) is 17.5 Å². The lowest BCUT2D eigenvalue weighted by Gasteiger charge is -2.43. The molecule has 4 N–H and O–H groups in total. The molecule has 0 aliphatic carbocycles. The van der Waals surface area contributed by atoms with Crippen LogP contribution in [0.3, 0.4) is 0 Å². The first-order valence-electron chi connectivity index (χ1n) is 9.73. The number of rotatable bonds is 5. The average molecular weight is 453 g/mol. The molecule has 1 aromatic heterocycles. The lowest BCUT2D eigenvalue weighted by molar-refractivity contribution is -0.160. The van der Waals surface area contributed by atoms with Gasteiger partial charge < -0.3 is 25.8 Å². The summed E-state index contributed by atoms with van der Waals surface area (Å²) in [6, 6.07) is -1.68. The van der Waals surface area contributed by atoms with Crippen molar-refractivity contribution >= 4 is 51.6 Å². The topological polar surface area (TPSA) is 135 Å². The molecule has 3 atom stereocenters. The molecule has 1 aromatic rings. The highest BCUT2D eigenvalue weighted by molar-refractivity contribution is 8.01. The number of aromatic nitrogens is 1. The highest BCUT2D eigenvalue weighted by Crippen LogP contribution is 2.50. The van der Waals surface area contributed by atoms with Crippen LogP contribution in [0.15, 0.2) is 11.5 Å². The maximum atomic E-state index is 13.2. The van der Waals surface area contributed by atoms with Crippen LogP contribution < -0.4 is 11.1 Å². The Kier molecular flexibility index (Phi) is 5.54. The SMILES string of the molecule is CC1(C)S[C@@H]2[C@H](NC(=O)/C(=C\C3CCOCC3)c3csc(N)n3)C(=O)N2[C@H]1C(=O)O. The summed E-state index contributed by atoms with van der Waals surface area (Å²) in [6.07, 6.45) is 3.50. The number of aliphatic carboxylic acids is 1. The van der Waals surface area contributed by atoms with E-state index >= 15 is 0 Å². The minimum absolute atomic E-state index is 0.173. The minimum Gasteiger partial charge on any atom is -0.480 e. The van der Waals surface area contributed by atoms with Crippen LogP contribution in [-0.4, -0.2) is 68.2 Å². The molecule has 0 spiro atoms. The van der Waals surface area contributed by atoms with Crippen LogP contribution in [0.5, 0.6) is 0 Å². The molecule has 4 heterocycles. The zero-order valence-corrected chi connectivity index (χ0v) is 18.3. The van der Waals surface area contributed by atoms with Crippen molar-refractivity contribution in [3.63, 3.8) is 0 Å². The summed E-state index contributed by atoms with van der Waals surface area (Å²) in [5, 5.41) is 14.0. The Morgan fingerprint density at radius 2 is 2.10 bits per heavy atom. The van der Waals surface area contributed by atoms with Crippen molar-refractivity contribution in [2.24, 2.45) is 5.92 Å². The maximum absolute atomic E-state index is 13.2. The van der Waals surface area contributed by atoms with Gasteiger partial charge in [0.15, 0.2) is 5.13 Å². The van der Waals surface area contributed by atoms with Crippen molar-refractivity contribution in [1.29, 1.82) is 0 Å². The van der Waals surface area contributed by atoms with Crippen molar-refractivity contribution < 1.29 is 24.2 Å². The van der Waals surface area contributed by atoms with Crippen LogP contribution in [0.1, 0.15) is 32.4 Å². The van der Waals surface area contributed by atoms with Gasteiger partial charge in [-0.2, -0.15) is 0 Å². The molecule has 0 unspecified atom stereocenters. The maximum Gasteiger partial charge on any atom is 0.327 e. The van der Waals surface area contributed by atoms with Gasteiger partial charge in [0, 0.05) is 23.3 Å². The van der Waals surface area contributed by atoms with Crippen molar-refractivity contribution in [2.45, 2.75) is 48.9 Å². The zero-order chi connectivity index (χ0) is 21.6. The molecule has 3 aliphatic rings. The van der Waals surface area contributed by atoms with E-state index in [0.29, 0.717) is 29.6 Å². The number of allylic oxidation sites excluding steroid dienone is 1. The first-order valence-corrected chi connectivity index (χ1v) is 11.5. The van der Waals surface area contributed by atoms with E-state index in [2.05, 4.69) is 10.3 Å². The lowest BCUT2D eigenvalue weighted by atomic mass is 9.94. The highest BCUT2D eigenvalue weighted by atomic mass is 32.2. The molecule has 0 saturated carbocycles. The summed E-state index contributed by atoms with van der Waals surface area (Å²) in [5.41, 5.74) is 6.63. The monoisotopic (exact) mass is 452 g/mol. The largest absolute Gasteiger partial charge is 0.480 e. The van der Waals surface area contributed by atoms with E-state index in [-0.39, 0.29) is 11.8 Å². The summed E-state index contributed by atoms with van der Waals surface area (Å²) in [7, 11) is 0. The number of nitrogens with two attached hydrogens (primary N) is 1. The summed E-state index contributed by atoms with van der Waals surface area (Å²) in [4.78, 5) is 43.1. The molecule has 0 radical (unpaired) electrons. The Morgan fingerprint density at radius 3 is 2.70 bits per heavy atom. The minimum atomic E-state index is -1.04. The molecule has 11 heteroatoms. The Labute approximate surface area is 182 Å². The number of nitrogens with zero attached hydrogens (tertiary/aromatic N) is 2. The molecule has 3 fully saturated rings. The Hall–Kier alpha value is -2.11. The Morgan fingerprint density at radius 1 is 1.40 bits per heavy atom. The second-order valence-corrected chi connectivity index (χ2v) is 10.8. The van der Waals surface area contributed by atoms with Crippen LogP contribution in [0.4, 0.5) is 5.13 Å². The Bertz CT molecular complexity index is 908. The van der Waals surface area contributed by atoms with E-state index in [1.54, 1.807) is 19.2 Å². The van der Waals surface area contributed by atoms with Gasteiger partial charge in [0.2, 0.25) is 5.91 Å². The molecule has 3 saturated heterocycles. The van der Waals surface area contributed by atoms with Crippen LogP contribution in [0.2, 0.25) is 0 Å². The van der Waals surface area contributed by atoms with Gasteiger partial charge in [-0.05, 0) is 32.6 Å². The van der Waals surface area contributed by atoms with Crippen molar-refractivity contribution in [3.05, 3.63) is 17.2 Å². The van der Waals surface area contributed by atoms with E-state index in [1.165, 1.54) is 28.0 Å². The number of ether oxygens (including phenoxy) is 1. The quantitative estimate of drug-likeness (QED) is 0.448. The normalized spacial score (nSPS) is 28.7. The third-order valence-electron chi connectivity index (χ3n) is 5.67. The van der Waals surface area contributed by atoms with Gasteiger partial charge in [-0.15, -0.1) is 23.1 Å². The number of carbonyl (C=O) groups excluding carboxylic acids is 2. The van der Waals surface area contributed by atoms with Crippen LogP contribution in [0.25, 0.3) is 5.57 Å². The van der Waals surface area contributed by atoms with Crippen LogP contribution in [0, 0.1) is 5.92 Å². The Balaban J connectivity index is 1.54. The number of hydrogen-bond acceptors (Lipinski definition) is 8. The van der Waals surface area contributed by atoms with Crippen molar-refractivity contribution in [3.8, 4) is 0 Å². The number of carboxylic acids is 1. The van der Waals surface area contributed by atoms with Gasteiger partial charge >= 0.3 is 5.97 Å². The second-order valence-electron chi connectivity index (χ2n) is 8.15. The number of carboxylic acid groups (broad SMARTS) is 1. The van der Waals surface area contributed by atoms with Crippen molar-refractivity contribution in [1.82, 2.24) is 15.2 Å². The zero-order valence-electron chi connectivity index (χ0n) is 16.7. The van der Waals surface area contributed by atoms with Gasteiger partial charge in [0.25, 0.3) is 5.91 Å². The van der Waals surface area contributed by atoms with Gasteiger partial charge in [0.05, 0.1) is 11.3 Å². The first-order chi connectivity index (χ1) is 14.2. The predicted octanol–water partition coefficient (Wildman–Crippen LogP) is 1.17. The predicted molar refractivity (Wildman–Crippen MR) is 114 cm³/mol. The van der Waals surface area contributed by atoms with E-state index < -0.39 is 34.1 Å². The van der Waals surface area contributed by atoms with Gasteiger partial charge in [-0.25, -0.2) is 9.78 Å². The number of nitrogens with one attached hydrogen (secondary N) is 1.